The van der Waals surface area contributed by atoms with Gasteiger partial charge in [0.15, 0.2) is 4.21 Å². The molecule has 0 radical (unpaired) electrons. The number of hydrogen-bond acceptors (Lipinski definition) is 4. The number of aromatic nitrogens is 1. The Hall–Kier alpha value is -2.39. The second-order valence-electron chi connectivity index (χ2n) is 4.69. The first-order valence-corrected chi connectivity index (χ1v) is 8.85. The first-order valence-electron chi connectivity index (χ1n) is 6.55. The van der Waals surface area contributed by atoms with Crippen molar-refractivity contribution in [3.8, 4) is 10.6 Å². The Morgan fingerprint density at radius 1 is 0.958 bits per heavy atom. The zero-order valence-electron chi connectivity index (χ0n) is 11.8. The van der Waals surface area contributed by atoms with Crippen molar-refractivity contribution in [2.45, 2.75) is 4.21 Å². The monoisotopic (exact) mass is 370 g/mol. The van der Waals surface area contributed by atoms with Crippen LogP contribution in [0.3, 0.4) is 0 Å². The molecule has 0 aliphatic rings. The van der Waals surface area contributed by atoms with E-state index < -0.39 is 33.2 Å². The molecule has 0 unspecified atom stereocenters. The van der Waals surface area contributed by atoms with Gasteiger partial charge in [0.25, 0.3) is 10.0 Å². The third-order valence-corrected chi connectivity index (χ3v) is 5.90. The minimum absolute atomic E-state index is 0.218. The van der Waals surface area contributed by atoms with Crippen molar-refractivity contribution in [2.24, 2.45) is 0 Å². The second kappa shape index (κ2) is 6.25. The van der Waals surface area contributed by atoms with Crippen molar-refractivity contribution < 1.29 is 21.6 Å². The maximum atomic E-state index is 13.6. The van der Waals surface area contributed by atoms with E-state index in [0.717, 1.165) is 35.7 Å². The van der Waals surface area contributed by atoms with E-state index in [0.29, 0.717) is 10.6 Å². The van der Waals surface area contributed by atoms with E-state index in [9.17, 15) is 21.6 Å². The van der Waals surface area contributed by atoms with Crippen LogP contribution < -0.4 is 4.72 Å². The topological polar surface area (TPSA) is 59.1 Å². The lowest BCUT2D eigenvalue weighted by Gasteiger charge is -2.07. The summed E-state index contributed by atoms with van der Waals surface area (Å²) in [5.74, 6) is -2.48. The lowest BCUT2D eigenvalue weighted by Crippen LogP contribution is -2.13. The number of anilines is 1. The van der Waals surface area contributed by atoms with Crippen molar-refractivity contribution in [3.63, 3.8) is 0 Å². The van der Waals surface area contributed by atoms with E-state index in [-0.39, 0.29) is 4.21 Å². The van der Waals surface area contributed by atoms with Crippen LogP contribution in [0.1, 0.15) is 0 Å². The molecule has 1 N–H and O–H groups in total. The fourth-order valence-corrected chi connectivity index (χ4v) is 4.10. The lowest BCUT2D eigenvalue weighted by molar-refractivity contribution is 0.583. The summed E-state index contributed by atoms with van der Waals surface area (Å²) in [6.07, 6.45) is 1.07. The van der Waals surface area contributed by atoms with Crippen LogP contribution in [0, 0.1) is 17.5 Å². The highest BCUT2D eigenvalue weighted by Crippen LogP contribution is 2.30. The molecule has 1 aromatic heterocycles. The van der Waals surface area contributed by atoms with Gasteiger partial charge in [-0.1, -0.05) is 6.07 Å². The van der Waals surface area contributed by atoms with E-state index >= 15 is 0 Å². The molecule has 0 saturated heterocycles. The first-order chi connectivity index (χ1) is 11.4. The number of halogens is 3. The largest absolute Gasteiger partial charge is 0.273 e. The van der Waals surface area contributed by atoms with Gasteiger partial charge in [-0.3, -0.25) is 4.72 Å². The molecule has 3 aromatic rings. The van der Waals surface area contributed by atoms with E-state index in [1.807, 2.05) is 4.72 Å². The number of nitrogens with zero attached hydrogens (tertiary/aromatic N) is 1. The molecule has 0 aliphatic carbocycles. The van der Waals surface area contributed by atoms with Gasteiger partial charge in [-0.25, -0.2) is 26.6 Å². The van der Waals surface area contributed by atoms with Crippen LogP contribution >= 0.6 is 11.3 Å². The molecule has 0 amide bonds. The van der Waals surface area contributed by atoms with Crippen molar-refractivity contribution in [3.05, 3.63) is 66.1 Å². The zero-order valence-corrected chi connectivity index (χ0v) is 13.5. The Labute approximate surface area is 139 Å². The number of hydrogen-bond donors (Lipinski definition) is 1. The van der Waals surface area contributed by atoms with Crippen molar-refractivity contribution in [2.75, 3.05) is 4.72 Å². The highest BCUT2D eigenvalue weighted by Gasteiger charge is 2.22. The smallest absolute Gasteiger partial charge is 0.273 e. The molecule has 0 bridgehead atoms. The van der Waals surface area contributed by atoms with Gasteiger partial charge in [-0.15, -0.1) is 11.3 Å². The molecule has 9 heteroatoms. The van der Waals surface area contributed by atoms with E-state index in [1.54, 1.807) is 0 Å². The molecule has 124 valence electrons. The van der Waals surface area contributed by atoms with E-state index in [4.69, 9.17) is 0 Å². The van der Waals surface area contributed by atoms with Gasteiger partial charge < -0.3 is 0 Å². The molecule has 0 aliphatic heterocycles. The van der Waals surface area contributed by atoms with Gasteiger partial charge in [-0.2, -0.15) is 0 Å². The summed E-state index contributed by atoms with van der Waals surface area (Å²) >= 11 is 0.801. The molecule has 0 saturated carbocycles. The summed E-state index contributed by atoms with van der Waals surface area (Å²) in [6, 6.07) is 8.36. The average Bonchev–Trinajstić information content (AvgIpc) is 3.03. The quantitative estimate of drug-likeness (QED) is 0.754. The fourth-order valence-electron chi connectivity index (χ4n) is 1.89. The second-order valence-corrected chi connectivity index (χ2v) is 7.63. The Morgan fingerprint density at radius 2 is 1.58 bits per heavy atom. The molecular weight excluding hydrogens is 361 g/mol. The summed E-state index contributed by atoms with van der Waals surface area (Å²) in [7, 11) is -4.20. The highest BCUT2D eigenvalue weighted by atomic mass is 32.2. The number of thiazole rings is 1. The standard InChI is InChI=1S/C15H9F3N2O2S2/c16-10-6-4-9(5-7-10)15-19-8-13(23-15)24(21,22)20-14-11(17)2-1-3-12(14)18/h1-8,20H. The highest BCUT2D eigenvalue weighted by molar-refractivity contribution is 7.94. The van der Waals surface area contributed by atoms with Crippen LogP contribution in [0.15, 0.2) is 52.9 Å². The number of para-hydroxylation sites is 1. The van der Waals surface area contributed by atoms with Gasteiger partial charge in [0.1, 0.15) is 28.1 Å². The Morgan fingerprint density at radius 3 is 2.21 bits per heavy atom. The molecule has 0 fully saturated rings. The SMILES string of the molecule is O=S(=O)(Nc1c(F)cccc1F)c1cnc(-c2ccc(F)cc2)s1. The van der Waals surface area contributed by atoms with E-state index in [1.165, 1.54) is 24.3 Å². The summed E-state index contributed by atoms with van der Waals surface area (Å²) in [5.41, 5.74) is -0.228. The molecule has 2 aromatic carbocycles. The van der Waals surface area contributed by atoms with Gasteiger partial charge in [0.2, 0.25) is 0 Å². The summed E-state index contributed by atoms with van der Waals surface area (Å²) < 4.78 is 66.3. The Kier molecular flexibility index (Phi) is 4.29. The Balaban J connectivity index is 1.92. The molecule has 24 heavy (non-hydrogen) atoms. The normalized spacial score (nSPS) is 11.5. The fraction of sp³-hybridized carbons (Fsp3) is 0. The third kappa shape index (κ3) is 3.26. The number of benzene rings is 2. The molecule has 0 spiro atoms. The minimum Gasteiger partial charge on any atom is -0.273 e. The summed E-state index contributed by atoms with van der Waals surface area (Å²) in [5, 5.41) is 0.337. The zero-order chi connectivity index (χ0) is 17.3. The molecule has 4 nitrogen and oxygen atoms in total. The van der Waals surface area contributed by atoms with Crippen LogP contribution in [0.4, 0.5) is 18.9 Å². The lowest BCUT2D eigenvalue weighted by atomic mass is 10.2. The van der Waals surface area contributed by atoms with E-state index in [2.05, 4.69) is 4.98 Å². The van der Waals surface area contributed by atoms with Crippen LogP contribution in [0.5, 0.6) is 0 Å². The number of rotatable bonds is 4. The van der Waals surface area contributed by atoms with Crippen LogP contribution in [-0.4, -0.2) is 13.4 Å². The van der Waals surface area contributed by atoms with Gasteiger partial charge in [0.05, 0.1) is 6.20 Å². The van der Waals surface area contributed by atoms with Gasteiger partial charge in [-0.05, 0) is 36.4 Å². The van der Waals surface area contributed by atoms with Crippen LogP contribution in [0.25, 0.3) is 10.6 Å². The van der Waals surface area contributed by atoms with Crippen molar-refractivity contribution >= 4 is 27.0 Å². The summed E-state index contributed by atoms with van der Waals surface area (Å²) in [4.78, 5) is 3.96. The van der Waals surface area contributed by atoms with Crippen LogP contribution in [-0.2, 0) is 10.0 Å². The number of sulfonamides is 1. The molecular formula is C15H9F3N2O2S2. The van der Waals surface area contributed by atoms with Crippen LogP contribution in [0.2, 0.25) is 0 Å². The molecule has 3 rings (SSSR count). The predicted molar refractivity (Wildman–Crippen MR) is 84.7 cm³/mol. The maximum absolute atomic E-state index is 13.6. The van der Waals surface area contributed by atoms with Gasteiger partial charge in [0, 0.05) is 5.56 Å². The summed E-state index contributed by atoms with van der Waals surface area (Å²) in [6.45, 7) is 0. The first kappa shape index (κ1) is 16.5. The van der Waals surface area contributed by atoms with Crippen molar-refractivity contribution in [1.82, 2.24) is 4.98 Å². The average molecular weight is 370 g/mol. The molecule has 1 heterocycles. The minimum atomic E-state index is -4.20. The predicted octanol–water partition coefficient (Wildman–Crippen LogP) is 4.03. The van der Waals surface area contributed by atoms with Crippen molar-refractivity contribution in [1.29, 1.82) is 0 Å². The molecule has 0 atom stereocenters. The third-order valence-electron chi connectivity index (χ3n) is 3.04. The van der Waals surface area contributed by atoms with Gasteiger partial charge >= 0.3 is 0 Å². The maximum Gasteiger partial charge on any atom is 0.273 e. The number of nitrogens with one attached hydrogen (secondary N) is 1. The Bertz CT molecular complexity index is 966.